The van der Waals surface area contributed by atoms with Gasteiger partial charge in [0.2, 0.25) is 0 Å². The summed E-state index contributed by atoms with van der Waals surface area (Å²) >= 11 is 0. The first-order valence-electron chi connectivity index (χ1n) is 16.1. The van der Waals surface area contributed by atoms with Crippen molar-refractivity contribution in [3.05, 3.63) is 161 Å². The van der Waals surface area contributed by atoms with Gasteiger partial charge >= 0.3 is 0 Å². The number of halogens is 1. The zero-order valence-corrected chi connectivity index (χ0v) is 26.8. The molecule has 0 radical (unpaired) electrons. The van der Waals surface area contributed by atoms with E-state index < -0.39 is 5.60 Å². The zero-order valence-electron chi connectivity index (χ0n) is 26.8. The Morgan fingerprint density at radius 1 is 0.681 bits per heavy atom. The van der Waals surface area contributed by atoms with Gasteiger partial charge in [-0.1, -0.05) is 110 Å². The minimum Gasteiger partial charge on any atom is -0.497 e. The van der Waals surface area contributed by atoms with Crippen LogP contribution in [0, 0.1) is 12.7 Å². The lowest BCUT2D eigenvalue weighted by molar-refractivity contribution is 0.165. The van der Waals surface area contributed by atoms with E-state index in [1.165, 1.54) is 33.2 Å². The van der Waals surface area contributed by atoms with Gasteiger partial charge in [-0.15, -0.1) is 0 Å². The smallest absolute Gasteiger partial charge is 0.178 e. The summed E-state index contributed by atoms with van der Waals surface area (Å²) < 4.78 is 28.4. The van der Waals surface area contributed by atoms with E-state index >= 15 is 4.39 Å². The normalized spacial score (nSPS) is 17.4. The molecule has 3 heteroatoms. The molecule has 1 aliphatic heterocycles. The highest BCUT2D eigenvalue weighted by atomic mass is 19.1. The van der Waals surface area contributed by atoms with Gasteiger partial charge in [0.1, 0.15) is 17.3 Å². The first-order chi connectivity index (χ1) is 22.8. The number of rotatable bonds is 3. The monoisotopic (exact) mass is 612 g/mol. The molecule has 0 aromatic heterocycles. The Labute approximate surface area is 273 Å². The average Bonchev–Trinajstić information content (AvgIpc) is 3.33. The lowest BCUT2D eigenvalue weighted by Crippen LogP contribution is -2.35. The van der Waals surface area contributed by atoms with Gasteiger partial charge in [0.15, 0.2) is 5.60 Å². The van der Waals surface area contributed by atoms with E-state index in [2.05, 4.69) is 118 Å². The van der Waals surface area contributed by atoms with Crippen LogP contribution in [0.5, 0.6) is 11.5 Å². The Morgan fingerprint density at radius 2 is 1.43 bits per heavy atom. The molecule has 1 aliphatic carbocycles. The molecule has 0 N–H and O–H groups in total. The fourth-order valence-electron chi connectivity index (χ4n) is 8.23. The van der Waals surface area contributed by atoms with Gasteiger partial charge in [0, 0.05) is 27.5 Å². The number of hydrogen-bond donors (Lipinski definition) is 0. The second-order valence-corrected chi connectivity index (χ2v) is 13.4. The van der Waals surface area contributed by atoms with Crippen LogP contribution in [-0.4, -0.2) is 7.11 Å². The molecule has 0 saturated carbocycles. The van der Waals surface area contributed by atoms with Crippen molar-refractivity contribution >= 4 is 38.4 Å². The summed E-state index contributed by atoms with van der Waals surface area (Å²) in [5.41, 5.74) is 7.80. The molecule has 1 heterocycles. The van der Waals surface area contributed by atoms with E-state index in [0.717, 1.165) is 49.4 Å². The van der Waals surface area contributed by atoms with Gasteiger partial charge in [-0.2, -0.15) is 0 Å². The zero-order chi connectivity index (χ0) is 32.1. The van der Waals surface area contributed by atoms with E-state index in [9.17, 15) is 0 Å². The SMILES string of the molecule is COc1ccc(C2(c3cc4ccccc4c4ccccc34)C=Cc3c4c(c5ccc(F)cc5c3O2)-c2ccc(C)cc2C4(C)C)cc1. The van der Waals surface area contributed by atoms with Crippen molar-refractivity contribution in [2.45, 2.75) is 31.8 Å². The summed E-state index contributed by atoms with van der Waals surface area (Å²) in [6.07, 6.45) is 4.44. The Kier molecular flexibility index (Phi) is 5.81. The number of aryl methyl sites for hydroxylation is 1. The van der Waals surface area contributed by atoms with Crippen LogP contribution >= 0.6 is 0 Å². The highest BCUT2D eigenvalue weighted by Gasteiger charge is 2.45. The molecule has 2 aliphatic rings. The Hall–Kier alpha value is -5.41. The number of methoxy groups -OCH3 is 1. The third kappa shape index (κ3) is 3.83. The van der Waals surface area contributed by atoms with Gasteiger partial charge < -0.3 is 9.47 Å². The average molecular weight is 613 g/mol. The largest absolute Gasteiger partial charge is 0.497 e. The molecule has 0 amide bonds. The first-order valence-corrected chi connectivity index (χ1v) is 16.1. The van der Waals surface area contributed by atoms with Crippen LogP contribution in [0.2, 0.25) is 0 Å². The molecule has 0 saturated heterocycles. The van der Waals surface area contributed by atoms with Crippen molar-refractivity contribution in [2.24, 2.45) is 0 Å². The van der Waals surface area contributed by atoms with Crippen molar-refractivity contribution < 1.29 is 13.9 Å². The number of ether oxygens (including phenoxy) is 2. The third-order valence-corrected chi connectivity index (χ3v) is 10.4. The van der Waals surface area contributed by atoms with E-state index in [4.69, 9.17) is 9.47 Å². The van der Waals surface area contributed by atoms with E-state index in [1.807, 2.05) is 18.2 Å². The lowest BCUT2D eigenvalue weighted by atomic mass is 9.76. The summed E-state index contributed by atoms with van der Waals surface area (Å²) in [6.45, 7) is 6.73. The minimum absolute atomic E-state index is 0.285. The van der Waals surface area contributed by atoms with Gasteiger partial charge in [-0.05, 0) is 92.5 Å². The first kappa shape index (κ1) is 27.9. The molecule has 0 spiro atoms. The van der Waals surface area contributed by atoms with Crippen molar-refractivity contribution in [3.8, 4) is 22.6 Å². The lowest BCUT2D eigenvalue weighted by Gasteiger charge is -2.39. The molecule has 7 aromatic rings. The van der Waals surface area contributed by atoms with E-state index in [-0.39, 0.29) is 11.2 Å². The summed E-state index contributed by atoms with van der Waals surface area (Å²) in [4.78, 5) is 0. The number of hydrogen-bond acceptors (Lipinski definition) is 2. The van der Waals surface area contributed by atoms with Gasteiger partial charge in [0.25, 0.3) is 0 Å². The van der Waals surface area contributed by atoms with Crippen molar-refractivity contribution in [3.63, 3.8) is 0 Å². The maximum Gasteiger partial charge on any atom is 0.178 e. The summed E-state index contributed by atoms with van der Waals surface area (Å²) in [7, 11) is 1.68. The fourth-order valence-corrected chi connectivity index (χ4v) is 8.23. The van der Waals surface area contributed by atoms with Crippen molar-refractivity contribution in [1.29, 1.82) is 0 Å². The summed E-state index contributed by atoms with van der Waals surface area (Å²) in [6, 6.07) is 39.3. The van der Waals surface area contributed by atoms with Gasteiger partial charge in [-0.3, -0.25) is 0 Å². The van der Waals surface area contributed by atoms with Crippen LogP contribution in [-0.2, 0) is 11.0 Å². The summed E-state index contributed by atoms with van der Waals surface area (Å²) in [5.74, 6) is 1.18. The summed E-state index contributed by atoms with van der Waals surface area (Å²) in [5, 5.41) is 6.36. The molecule has 0 bridgehead atoms. The molecule has 1 unspecified atom stereocenters. The van der Waals surface area contributed by atoms with Crippen LogP contribution in [0.1, 0.15) is 47.2 Å². The predicted molar refractivity (Wildman–Crippen MR) is 191 cm³/mol. The highest BCUT2D eigenvalue weighted by Crippen LogP contribution is 2.58. The van der Waals surface area contributed by atoms with Crippen LogP contribution in [0.4, 0.5) is 4.39 Å². The fraction of sp³-hybridized carbons (Fsp3) is 0.136. The number of fused-ring (bicyclic) bond motifs is 11. The minimum atomic E-state index is -1.01. The predicted octanol–water partition coefficient (Wildman–Crippen LogP) is 11.3. The topological polar surface area (TPSA) is 18.5 Å². The van der Waals surface area contributed by atoms with Crippen LogP contribution in [0.3, 0.4) is 0 Å². The molecule has 228 valence electrons. The van der Waals surface area contributed by atoms with Crippen LogP contribution in [0.15, 0.2) is 121 Å². The second-order valence-electron chi connectivity index (χ2n) is 13.4. The molecule has 1 atom stereocenters. The molecular weight excluding hydrogens is 579 g/mol. The van der Waals surface area contributed by atoms with E-state index in [0.29, 0.717) is 5.75 Å². The number of benzene rings is 7. The third-order valence-electron chi connectivity index (χ3n) is 10.4. The second kappa shape index (κ2) is 9.80. The van der Waals surface area contributed by atoms with Crippen molar-refractivity contribution in [2.75, 3.05) is 7.11 Å². The molecule has 2 nitrogen and oxygen atoms in total. The molecule has 47 heavy (non-hydrogen) atoms. The standard InChI is InChI=1S/C44H33FO2/c1-26-13-19-35-38(23-26)43(2,3)41-36-21-22-44(28-14-17-30(46-4)18-15-28,47-42(36)37-25-29(45)16-20-34(37)40(35)41)39-24-27-9-5-6-10-31(27)32-11-7-8-12-33(32)39/h5-25H,1-4H3. The maximum atomic E-state index is 15.3. The Morgan fingerprint density at radius 3 is 2.21 bits per heavy atom. The van der Waals surface area contributed by atoms with Gasteiger partial charge in [-0.25, -0.2) is 4.39 Å². The quantitative estimate of drug-likeness (QED) is 0.185. The highest BCUT2D eigenvalue weighted by molar-refractivity contribution is 6.11. The molecule has 7 aromatic carbocycles. The van der Waals surface area contributed by atoms with Gasteiger partial charge in [0.05, 0.1) is 7.11 Å². The maximum absolute atomic E-state index is 15.3. The molecule has 0 fully saturated rings. The molecular formula is C44H33FO2. The van der Waals surface area contributed by atoms with Crippen molar-refractivity contribution in [1.82, 2.24) is 0 Å². The van der Waals surface area contributed by atoms with Crippen LogP contribution < -0.4 is 9.47 Å². The molecule has 9 rings (SSSR count). The Bertz CT molecular complexity index is 2470. The van der Waals surface area contributed by atoms with Crippen LogP contribution in [0.25, 0.3) is 49.5 Å². The van der Waals surface area contributed by atoms with E-state index in [1.54, 1.807) is 19.2 Å². The Balaban J connectivity index is 1.40.